The number of aliphatic hydroxyl groups excluding tert-OH is 1. The van der Waals surface area contributed by atoms with Crippen LogP contribution in [0.1, 0.15) is 58.1 Å². The van der Waals surface area contributed by atoms with Crippen molar-refractivity contribution in [2.24, 2.45) is 5.92 Å². The van der Waals surface area contributed by atoms with Gasteiger partial charge in [0.15, 0.2) is 0 Å². The zero-order valence-corrected chi connectivity index (χ0v) is 17.1. The summed E-state index contributed by atoms with van der Waals surface area (Å²) < 4.78 is 5.84. The van der Waals surface area contributed by atoms with Crippen LogP contribution in [0, 0.1) is 5.92 Å². The molecule has 2 aromatic carbocycles. The summed E-state index contributed by atoms with van der Waals surface area (Å²) in [6.07, 6.45) is 4.41. The predicted octanol–water partition coefficient (Wildman–Crippen LogP) is 6.05. The highest BCUT2D eigenvalue weighted by Crippen LogP contribution is 2.27. The van der Waals surface area contributed by atoms with Crippen molar-refractivity contribution in [3.63, 3.8) is 0 Å². The van der Waals surface area contributed by atoms with E-state index in [-0.39, 0.29) is 5.92 Å². The number of rotatable bonds is 12. The number of unbranched alkanes of at least 4 members (excludes halogenated alkanes) is 2. The zero-order valence-electron chi connectivity index (χ0n) is 17.1. The summed E-state index contributed by atoms with van der Waals surface area (Å²) in [4.78, 5) is 2.51. The number of hydrogen-bond acceptors (Lipinski definition) is 3. The van der Waals surface area contributed by atoms with Crippen LogP contribution in [0.3, 0.4) is 0 Å². The fraction of sp³-hybridized carbons (Fsp3) is 0.500. The molecule has 1 N–H and O–H groups in total. The number of hydrogen-bond donors (Lipinski definition) is 1. The second kappa shape index (κ2) is 11.8. The van der Waals surface area contributed by atoms with Crippen LogP contribution in [0.5, 0.6) is 11.5 Å². The molecule has 3 nitrogen and oxygen atoms in total. The topological polar surface area (TPSA) is 32.7 Å². The largest absolute Gasteiger partial charge is 0.457 e. The van der Waals surface area contributed by atoms with E-state index < -0.39 is 6.10 Å². The molecule has 2 aromatic rings. The minimum Gasteiger partial charge on any atom is -0.457 e. The van der Waals surface area contributed by atoms with Crippen LogP contribution in [0.15, 0.2) is 54.6 Å². The van der Waals surface area contributed by atoms with Crippen LogP contribution >= 0.6 is 0 Å². The smallest absolute Gasteiger partial charge is 0.127 e. The molecule has 0 aliphatic heterocycles. The highest BCUT2D eigenvalue weighted by molar-refractivity contribution is 5.33. The molecule has 27 heavy (non-hydrogen) atoms. The van der Waals surface area contributed by atoms with Crippen LogP contribution in [-0.4, -0.2) is 29.6 Å². The van der Waals surface area contributed by atoms with Crippen LogP contribution < -0.4 is 4.74 Å². The molecule has 0 aliphatic rings. The second-order valence-electron chi connectivity index (χ2n) is 7.41. The molecule has 2 unspecified atom stereocenters. The maximum absolute atomic E-state index is 10.8. The van der Waals surface area contributed by atoms with Gasteiger partial charge in [0, 0.05) is 6.54 Å². The summed E-state index contributed by atoms with van der Waals surface area (Å²) in [6.45, 7) is 9.78. The Hall–Kier alpha value is -1.84. The average molecular weight is 370 g/mol. The summed E-state index contributed by atoms with van der Waals surface area (Å²) in [5, 5.41) is 10.8. The normalized spacial score (nSPS) is 13.5. The van der Waals surface area contributed by atoms with Gasteiger partial charge in [-0.1, -0.05) is 63.9 Å². The Balaban J connectivity index is 1.93. The van der Waals surface area contributed by atoms with E-state index in [0.717, 1.165) is 36.7 Å². The van der Waals surface area contributed by atoms with Crippen LogP contribution in [0.25, 0.3) is 0 Å². The number of aliphatic hydroxyl groups is 1. The average Bonchev–Trinajstić information content (AvgIpc) is 2.70. The molecule has 0 spiro atoms. The van der Waals surface area contributed by atoms with Crippen molar-refractivity contribution in [1.82, 2.24) is 4.90 Å². The molecule has 0 amide bonds. The SMILES string of the molecule is CCCCN(CCCC)CC(C)C(O)c1ccc(Oc2ccccc2)cc1. The van der Waals surface area contributed by atoms with E-state index in [0.29, 0.717) is 0 Å². The van der Waals surface area contributed by atoms with Crippen molar-refractivity contribution in [3.8, 4) is 11.5 Å². The molecule has 0 aliphatic carbocycles. The lowest BCUT2D eigenvalue weighted by Crippen LogP contribution is -2.32. The van der Waals surface area contributed by atoms with Crippen LogP contribution in [0.2, 0.25) is 0 Å². The second-order valence-corrected chi connectivity index (χ2v) is 7.41. The third kappa shape index (κ3) is 7.36. The van der Waals surface area contributed by atoms with Gasteiger partial charge in [-0.2, -0.15) is 0 Å². The molecule has 0 saturated heterocycles. The van der Waals surface area contributed by atoms with Crippen LogP contribution in [0.4, 0.5) is 0 Å². The molecule has 0 bridgehead atoms. The molecule has 2 rings (SSSR count). The summed E-state index contributed by atoms with van der Waals surface area (Å²) in [7, 11) is 0. The summed E-state index contributed by atoms with van der Waals surface area (Å²) in [6, 6.07) is 17.6. The fourth-order valence-electron chi connectivity index (χ4n) is 3.25. The van der Waals surface area contributed by atoms with Gasteiger partial charge in [0.25, 0.3) is 0 Å². The number of nitrogens with zero attached hydrogens (tertiary/aromatic N) is 1. The Kier molecular flexibility index (Phi) is 9.37. The number of ether oxygens (including phenoxy) is 1. The third-order valence-corrected chi connectivity index (χ3v) is 4.94. The minimum absolute atomic E-state index is 0.194. The van der Waals surface area contributed by atoms with E-state index >= 15 is 0 Å². The van der Waals surface area contributed by atoms with Crippen molar-refractivity contribution in [3.05, 3.63) is 60.2 Å². The lowest BCUT2D eigenvalue weighted by molar-refractivity contribution is 0.0870. The standard InChI is InChI=1S/C24H35NO2/c1-4-6-17-25(18-7-5-2)19-20(3)24(26)21-13-15-23(16-14-21)27-22-11-9-8-10-12-22/h8-16,20,24,26H,4-7,17-19H2,1-3H3. The number of para-hydroxylation sites is 1. The molecule has 3 heteroatoms. The quantitative estimate of drug-likeness (QED) is 0.494. The van der Waals surface area contributed by atoms with Gasteiger partial charge in [0.05, 0.1) is 6.10 Å². The first-order chi connectivity index (χ1) is 13.1. The highest BCUT2D eigenvalue weighted by atomic mass is 16.5. The maximum atomic E-state index is 10.8. The summed E-state index contributed by atoms with van der Waals surface area (Å²) in [5.41, 5.74) is 0.953. The van der Waals surface area contributed by atoms with Crippen molar-refractivity contribution in [2.75, 3.05) is 19.6 Å². The Bertz CT molecular complexity index is 619. The van der Waals surface area contributed by atoms with E-state index in [4.69, 9.17) is 4.74 Å². The van der Waals surface area contributed by atoms with E-state index in [1.54, 1.807) is 0 Å². The van der Waals surface area contributed by atoms with E-state index in [2.05, 4.69) is 25.7 Å². The van der Waals surface area contributed by atoms with Crippen molar-refractivity contribution >= 4 is 0 Å². The molecular weight excluding hydrogens is 334 g/mol. The molecule has 0 fully saturated rings. The molecule has 0 saturated carbocycles. The van der Waals surface area contributed by atoms with Gasteiger partial charge in [0.2, 0.25) is 0 Å². The fourth-order valence-corrected chi connectivity index (χ4v) is 3.25. The van der Waals surface area contributed by atoms with E-state index in [1.165, 1.54) is 25.7 Å². The lowest BCUT2D eigenvalue weighted by atomic mass is 9.96. The van der Waals surface area contributed by atoms with Gasteiger partial charge < -0.3 is 14.7 Å². The molecule has 148 valence electrons. The van der Waals surface area contributed by atoms with E-state index in [9.17, 15) is 5.11 Å². The lowest BCUT2D eigenvalue weighted by Gasteiger charge is -2.28. The Morgan fingerprint density at radius 3 is 1.96 bits per heavy atom. The molecule has 0 aromatic heterocycles. The van der Waals surface area contributed by atoms with Gasteiger partial charge >= 0.3 is 0 Å². The predicted molar refractivity (Wildman–Crippen MR) is 113 cm³/mol. The monoisotopic (exact) mass is 369 g/mol. The van der Waals surface area contributed by atoms with Gasteiger partial charge in [0.1, 0.15) is 11.5 Å². The Morgan fingerprint density at radius 2 is 1.41 bits per heavy atom. The van der Waals surface area contributed by atoms with E-state index in [1.807, 2.05) is 54.6 Å². The first-order valence-corrected chi connectivity index (χ1v) is 10.4. The maximum Gasteiger partial charge on any atom is 0.127 e. The van der Waals surface area contributed by atoms with Gasteiger partial charge in [-0.15, -0.1) is 0 Å². The van der Waals surface area contributed by atoms with Gasteiger partial charge in [-0.3, -0.25) is 0 Å². The first-order valence-electron chi connectivity index (χ1n) is 10.4. The van der Waals surface area contributed by atoms with Crippen LogP contribution in [-0.2, 0) is 0 Å². The molecule has 0 radical (unpaired) electrons. The molecular formula is C24H35NO2. The van der Waals surface area contributed by atoms with Crippen molar-refractivity contribution in [1.29, 1.82) is 0 Å². The Morgan fingerprint density at radius 1 is 0.852 bits per heavy atom. The van der Waals surface area contributed by atoms with Crippen molar-refractivity contribution < 1.29 is 9.84 Å². The third-order valence-electron chi connectivity index (χ3n) is 4.94. The van der Waals surface area contributed by atoms with Gasteiger partial charge in [-0.05, 0) is 61.7 Å². The molecule has 0 heterocycles. The zero-order chi connectivity index (χ0) is 19.5. The van der Waals surface area contributed by atoms with Gasteiger partial charge in [-0.25, -0.2) is 0 Å². The highest BCUT2D eigenvalue weighted by Gasteiger charge is 2.19. The van der Waals surface area contributed by atoms with Crippen molar-refractivity contribution in [2.45, 2.75) is 52.6 Å². The summed E-state index contributed by atoms with van der Waals surface area (Å²) >= 11 is 0. The first kappa shape index (κ1) is 21.5. The number of benzene rings is 2. The minimum atomic E-state index is -0.457. The Labute approximate surface area is 165 Å². The summed E-state index contributed by atoms with van der Waals surface area (Å²) in [5.74, 6) is 1.80. The molecule has 2 atom stereocenters.